The first-order valence-electron chi connectivity index (χ1n) is 15.3. The molecule has 40 heavy (non-hydrogen) atoms. The number of piperidine rings is 1. The van der Waals surface area contributed by atoms with E-state index in [2.05, 4.69) is 17.4 Å². The maximum atomic E-state index is 13.9. The maximum Gasteiger partial charge on any atom is 0.417 e. The van der Waals surface area contributed by atoms with Crippen molar-refractivity contribution in [1.29, 1.82) is 0 Å². The van der Waals surface area contributed by atoms with Gasteiger partial charge in [-0.05, 0) is 70.5 Å². The number of carbonyl (C=O) groups excluding carboxylic acids is 1. The fourth-order valence-electron chi connectivity index (χ4n) is 7.02. The van der Waals surface area contributed by atoms with Gasteiger partial charge in [-0.1, -0.05) is 62.9 Å². The highest BCUT2D eigenvalue weighted by molar-refractivity contribution is 5.73. The third kappa shape index (κ3) is 6.12. The quantitative estimate of drug-likeness (QED) is 0.210. The molecular formula is C32H43F3N2O3. The fourth-order valence-corrected chi connectivity index (χ4v) is 7.02. The Morgan fingerprint density at radius 3 is 2.58 bits per heavy atom. The monoisotopic (exact) mass is 560 g/mol. The van der Waals surface area contributed by atoms with Gasteiger partial charge in [-0.15, -0.1) is 0 Å². The lowest BCUT2D eigenvalue weighted by Crippen LogP contribution is -2.59. The molecule has 1 N–H and O–H groups in total. The van der Waals surface area contributed by atoms with Crippen LogP contribution in [-0.4, -0.2) is 30.3 Å². The molecule has 0 amide bonds. The Morgan fingerprint density at radius 2 is 1.90 bits per heavy atom. The molecule has 3 aliphatic rings. The second kappa shape index (κ2) is 12.3. The zero-order valence-corrected chi connectivity index (χ0v) is 23.8. The van der Waals surface area contributed by atoms with Crippen LogP contribution in [0.2, 0.25) is 0 Å². The van der Waals surface area contributed by atoms with Gasteiger partial charge in [-0.25, -0.2) is 0 Å². The summed E-state index contributed by atoms with van der Waals surface area (Å²) in [7, 11) is 0. The molecule has 1 aromatic carbocycles. The summed E-state index contributed by atoms with van der Waals surface area (Å²) >= 11 is 0. The number of halogens is 3. The number of nitrogens with one attached hydrogen (secondary N) is 1. The van der Waals surface area contributed by atoms with Crippen LogP contribution in [0.1, 0.15) is 107 Å². The highest BCUT2D eigenvalue weighted by atomic mass is 19.4. The Hall–Kier alpha value is -2.35. The summed E-state index contributed by atoms with van der Waals surface area (Å²) in [5, 5.41) is 7.65. The fraction of sp³-hybridized carbons (Fsp3) is 0.688. The number of esters is 1. The van der Waals surface area contributed by atoms with E-state index in [1.807, 2.05) is 6.92 Å². The van der Waals surface area contributed by atoms with Crippen molar-refractivity contribution >= 4 is 5.97 Å². The number of aromatic nitrogens is 1. The van der Waals surface area contributed by atoms with Crippen molar-refractivity contribution in [3.63, 3.8) is 0 Å². The minimum Gasteiger partial charge on any atom is -0.461 e. The first kappa shape index (κ1) is 29.2. The van der Waals surface area contributed by atoms with Crippen LogP contribution in [0.25, 0.3) is 11.3 Å². The second-order valence-electron chi connectivity index (χ2n) is 12.3. The summed E-state index contributed by atoms with van der Waals surface area (Å²) in [6.45, 7) is 6.01. The van der Waals surface area contributed by atoms with Crippen molar-refractivity contribution in [2.45, 2.75) is 109 Å². The summed E-state index contributed by atoms with van der Waals surface area (Å²) in [4.78, 5) is 13.5. The minimum atomic E-state index is -4.49. The van der Waals surface area contributed by atoms with E-state index < -0.39 is 11.7 Å². The smallest absolute Gasteiger partial charge is 0.417 e. The number of hydrogen-bond acceptors (Lipinski definition) is 5. The van der Waals surface area contributed by atoms with E-state index in [4.69, 9.17) is 9.26 Å². The molecule has 3 unspecified atom stereocenters. The Kier molecular flexibility index (Phi) is 8.93. The first-order valence-corrected chi connectivity index (χ1v) is 15.3. The van der Waals surface area contributed by atoms with E-state index >= 15 is 0 Å². The normalized spacial score (nSPS) is 23.1. The van der Waals surface area contributed by atoms with Gasteiger partial charge in [0.1, 0.15) is 17.6 Å². The average Bonchev–Trinajstić information content (AvgIpc) is 3.71. The van der Waals surface area contributed by atoms with E-state index in [0.29, 0.717) is 12.2 Å². The average molecular weight is 561 g/mol. The lowest BCUT2D eigenvalue weighted by molar-refractivity contribution is -0.194. The van der Waals surface area contributed by atoms with Crippen LogP contribution in [0.15, 0.2) is 28.8 Å². The first-order chi connectivity index (χ1) is 19.3. The van der Waals surface area contributed by atoms with E-state index in [9.17, 15) is 18.0 Å². The molecule has 3 atom stereocenters. The molecule has 0 bridgehead atoms. The van der Waals surface area contributed by atoms with Crippen LogP contribution >= 0.6 is 0 Å². The highest BCUT2D eigenvalue weighted by Gasteiger charge is 2.56. The molecule has 1 aromatic heterocycles. The second-order valence-corrected chi connectivity index (χ2v) is 12.3. The van der Waals surface area contributed by atoms with Crippen LogP contribution in [0, 0.1) is 17.3 Å². The predicted octanol–water partition coefficient (Wildman–Crippen LogP) is 8.08. The minimum absolute atomic E-state index is 0.0355. The number of hydrogen-bond donors (Lipinski definition) is 1. The zero-order chi connectivity index (χ0) is 28.3. The van der Waals surface area contributed by atoms with Crippen molar-refractivity contribution in [1.82, 2.24) is 10.5 Å². The topological polar surface area (TPSA) is 64.4 Å². The van der Waals surface area contributed by atoms with Gasteiger partial charge in [0.2, 0.25) is 0 Å². The molecule has 1 saturated heterocycles. The number of alkyl halides is 3. The Balaban J connectivity index is 1.40. The largest absolute Gasteiger partial charge is 0.461 e. The molecule has 1 spiro atoms. The number of benzene rings is 1. The molecule has 8 heteroatoms. The van der Waals surface area contributed by atoms with E-state index in [-0.39, 0.29) is 46.5 Å². The van der Waals surface area contributed by atoms with Crippen molar-refractivity contribution in [3.05, 3.63) is 41.2 Å². The summed E-state index contributed by atoms with van der Waals surface area (Å²) in [5.74, 6) is 0.737. The van der Waals surface area contributed by atoms with Gasteiger partial charge in [0, 0.05) is 28.4 Å². The summed E-state index contributed by atoms with van der Waals surface area (Å²) in [5.41, 5.74) is 0.345. The van der Waals surface area contributed by atoms with Gasteiger partial charge < -0.3 is 14.6 Å². The number of unbranched alkanes of at least 4 members (excludes halogenated alkanes) is 3. The molecule has 0 radical (unpaired) electrons. The van der Waals surface area contributed by atoms with Gasteiger partial charge in [-0.2, -0.15) is 13.2 Å². The van der Waals surface area contributed by atoms with Gasteiger partial charge in [0.15, 0.2) is 0 Å². The van der Waals surface area contributed by atoms with Gasteiger partial charge >= 0.3 is 12.1 Å². The van der Waals surface area contributed by atoms with Gasteiger partial charge in [0.25, 0.3) is 0 Å². The number of nitrogens with zero attached hydrogens (tertiary/aromatic N) is 1. The zero-order valence-electron chi connectivity index (χ0n) is 23.8. The van der Waals surface area contributed by atoms with Gasteiger partial charge in [-0.3, -0.25) is 4.79 Å². The van der Waals surface area contributed by atoms with Gasteiger partial charge in [0.05, 0.1) is 11.5 Å². The van der Waals surface area contributed by atoms with Crippen LogP contribution < -0.4 is 5.32 Å². The molecule has 2 aliphatic carbocycles. The van der Waals surface area contributed by atoms with Crippen LogP contribution in [0.5, 0.6) is 0 Å². The van der Waals surface area contributed by atoms with E-state index in [1.54, 1.807) is 6.07 Å². The van der Waals surface area contributed by atoms with Crippen LogP contribution in [-0.2, 0) is 22.1 Å². The summed E-state index contributed by atoms with van der Waals surface area (Å²) < 4.78 is 54.0. The highest BCUT2D eigenvalue weighted by Crippen LogP contribution is 2.56. The third-order valence-corrected chi connectivity index (χ3v) is 9.50. The standard InChI is InChI=1S/C32H43F3N2O3/c1-3-5-6-7-10-21(4-2)30(38)39-29-23(20-31(29)15-17-36-18-16-31)19-25-27(37-40-28(25)22-13-14-22)24-11-8-9-12-26(24)32(33,34)35/h8-9,11-12,21-23,29,36H,3-7,10,13-20H2,1-2H3. The molecule has 3 fully saturated rings. The molecule has 2 saturated carbocycles. The molecule has 1 aliphatic heterocycles. The Labute approximate surface area is 235 Å². The maximum absolute atomic E-state index is 13.9. The number of rotatable bonds is 12. The van der Waals surface area contributed by atoms with Crippen LogP contribution in [0.3, 0.4) is 0 Å². The van der Waals surface area contributed by atoms with Crippen molar-refractivity contribution in [3.8, 4) is 11.3 Å². The lowest BCUT2D eigenvalue weighted by atomic mass is 9.54. The van der Waals surface area contributed by atoms with Crippen molar-refractivity contribution in [2.75, 3.05) is 13.1 Å². The summed E-state index contributed by atoms with van der Waals surface area (Å²) in [6.07, 6.45) is 6.56. The molecule has 5 rings (SSSR count). The Bertz CT molecular complexity index is 1150. The van der Waals surface area contributed by atoms with Crippen molar-refractivity contribution < 1.29 is 27.2 Å². The van der Waals surface area contributed by atoms with E-state index in [1.165, 1.54) is 18.6 Å². The molecule has 220 valence electrons. The summed E-state index contributed by atoms with van der Waals surface area (Å²) in [6, 6.07) is 5.61. The SMILES string of the molecule is CCCCCCC(CC)C(=O)OC1C(Cc2c(-c3ccccc3C(F)(F)F)noc2C2CC2)CC12CCNCC2. The van der Waals surface area contributed by atoms with Crippen molar-refractivity contribution in [2.24, 2.45) is 17.3 Å². The molecule has 5 nitrogen and oxygen atoms in total. The molecule has 2 aromatic rings. The molecular weight excluding hydrogens is 517 g/mol. The van der Waals surface area contributed by atoms with Crippen LogP contribution in [0.4, 0.5) is 13.2 Å². The molecule has 2 heterocycles. The number of ether oxygens (including phenoxy) is 1. The predicted molar refractivity (Wildman–Crippen MR) is 148 cm³/mol. The third-order valence-electron chi connectivity index (χ3n) is 9.50. The van der Waals surface area contributed by atoms with E-state index in [0.717, 1.165) is 88.9 Å². The number of carbonyl (C=O) groups is 1. The lowest BCUT2D eigenvalue weighted by Gasteiger charge is -2.56. The Morgan fingerprint density at radius 1 is 1.15 bits per heavy atom.